The summed E-state index contributed by atoms with van der Waals surface area (Å²) in [4.78, 5) is 13.4. The molecule has 0 unspecified atom stereocenters. The van der Waals surface area contributed by atoms with Crippen molar-refractivity contribution in [2.75, 3.05) is 25.1 Å². The van der Waals surface area contributed by atoms with Gasteiger partial charge in [0.2, 0.25) is 0 Å². The molecule has 2 rings (SSSR count). The van der Waals surface area contributed by atoms with Gasteiger partial charge in [-0.2, -0.15) is 0 Å². The SMILES string of the molecule is COC(=O)[C@H]1CCN(c2ccc(C)c(F)c2)C1. The van der Waals surface area contributed by atoms with Crippen LogP contribution in [0, 0.1) is 18.7 Å². The van der Waals surface area contributed by atoms with Crippen LogP contribution in [0.15, 0.2) is 18.2 Å². The molecule has 1 aromatic rings. The van der Waals surface area contributed by atoms with E-state index >= 15 is 0 Å². The summed E-state index contributed by atoms with van der Waals surface area (Å²) in [6, 6.07) is 5.17. The molecule has 0 amide bonds. The molecule has 92 valence electrons. The highest BCUT2D eigenvalue weighted by atomic mass is 19.1. The van der Waals surface area contributed by atoms with E-state index in [1.807, 2.05) is 11.0 Å². The van der Waals surface area contributed by atoms with Crippen molar-refractivity contribution < 1.29 is 13.9 Å². The Kier molecular flexibility index (Phi) is 3.31. The first-order valence-electron chi connectivity index (χ1n) is 5.70. The third-order valence-electron chi connectivity index (χ3n) is 3.24. The molecular weight excluding hydrogens is 221 g/mol. The van der Waals surface area contributed by atoms with Gasteiger partial charge in [0.15, 0.2) is 0 Å². The quantitative estimate of drug-likeness (QED) is 0.738. The maximum atomic E-state index is 13.4. The monoisotopic (exact) mass is 237 g/mol. The second-order valence-corrected chi connectivity index (χ2v) is 4.39. The smallest absolute Gasteiger partial charge is 0.310 e. The van der Waals surface area contributed by atoms with Crippen molar-refractivity contribution in [3.63, 3.8) is 0 Å². The molecule has 1 aromatic carbocycles. The summed E-state index contributed by atoms with van der Waals surface area (Å²) in [7, 11) is 1.40. The second kappa shape index (κ2) is 4.73. The number of nitrogens with zero attached hydrogens (tertiary/aromatic N) is 1. The number of methoxy groups -OCH3 is 1. The van der Waals surface area contributed by atoms with Gasteiger partial charge in [0.1, 0.15) is 5.82 Å². The maximum Gasteiger partial charge on any atom is 0.310 e. The Morgan fingerprint density at radius 3 is 2.94 bits per heavy atom. The van der Waals surface area contributed by atoms with Gasteiger partial charge in [0.25, 0.3) is 0 Å². The van der Waals surface area contributed by atoms with Crippen molar-refractivity contribution in [3.8, 4) is 0 Å². The van der Waals surface area contributed by atoms with E-state index in [4.69, 9.17) is 4.74 Å². The van der Waals surface area contributed by atoms with Crippen molar-refractivity contribution in [2.24, 2.45) is 5.92 Å². The fourth-order valence-electron chi connectivity index (χ4n) is 2.13. The molecule has 0 N–H and O–H groups in total. The van der Waals surface area contributed by atoms with Gasteiger partial charge in [0, 0.05) is 18.8 Å². The molecule has 4 heteroatoms. The van der Waals surface area contributed by atoms with Crippen LogP contribution in [0.1, 0.15) is 12.0 Å². The summed E-state index contributed by atoms with van der Waals surface area (Å²) in [6.07, 6.45) is 0.766. The van der Waals surface area contributed by atoms with E-state index in [1.165, 1.54) is 13.2 Å². The first-order valence-corrected chi connectivity index (χ1v) is 5.70. The predicted octanol–water partition coefficient (Wildman–Crippen LogP) is 2.13. The van der Waals surface area contributed by atoms with Gasteiger partial charge in [0.05, 0.1) is 13.0 Å². The van der Waals surface area contributed by atoms with Crippen molar-refractivity contribution in [3.05, 3.63) is 29.6 Å². The summed E-state index contributed by atoms with van der Waals surface area (Å²) in [5.74, 6) is -0.478. The van der Waals surface area contributed by atoms with Crippen molar-refractivity contribution in [1.82, 2.24) is 0 Å². The average Bonchev–Trinajstić information content (AvgIpc) is 2.81. The van der Waals surface area contributed by atoms with Gasteiger partial charge in [-0.05, 0) is 31.0 Å². The van der Waals surface area contributed by atoms with Gasteiger partial charge in [-0.15, -0.1) is 0 Å². The van der Waals surface area contributed by atoms with Gasteiger partial charge in [-0.25, -0.2) is 4.39 Å². The minimum Gasteiger partial charge on any atom is -0.469 e. The number of rotatable bonds is 2. The normalized spacial score (nSPS) is 19.5. The van der Waals surface area contributed by atoms with E-state index in [1.54, 1.807) is 13.0 Å². The van der Waals surface area contributed by atoms with Crippen LogP contribution in [0.25, 0.3) is 0 Å². The lowest BCUT2D eigenvalue weighted by atomic mass is 10.1. The summed E-state index contributed by atoms with van der Waals surface area (Å²) in [5, 5.41) is 0. The highest BCUT2D eigenvalue weighted by Gasteiger charge is 2.29. The fourth-order valence-corrected chi connectivity index (χ4v) is 2.13. The lowest BCUT2D eigenvalue weighted by molar-refractivity contribution is -0.144. The molecule has 1 fully saturated rings. The highest BCUT2D eigenvalue weighted by Crippen LogP contribution is 2.25. The largest absolute Gasteiger partial charge is 0.469 e. The number of carbonyl (C=O) groups is 1. The molecule has 1 aliphatic heterocycles. The van der Waals surface area contributed by atoms with Crippen LogP contribution >= 0.6 is 0 Å². The summed E-state index contributed by atoms with van der Waals surface area (Å²) in [6.45, 7) is 3.11. The van der Waals surface area contributed by atoms with Crippen molar-refractivity contribution in [2.45, 2.75) is 13.3 Å². The van der Waals surface area contributed by atoms with Crippen LogP contribution in [-0.2, 0) is 9.53 Å². The lowest BCUT2D eigenvalue weighted by Crippen LogP contribution is -2.23. The number of benzene rings is 1. The Bertz CT molecular complexity index is 433. The van der Waals surface area contributed by atoms with Crippen LogP contribution in [0.3, 0.4) is 0 Å². The van der Waals surface area contributed by atoms with Crippen LogP contribution < -0.4 is 4.90 Å². The zero-order chi connectivity index (χ0) is 12.4. The molecule has 1 heterocycles. The number of halogens is 1. The van der Waals surface area contributed by atoms with E-state index in [-0.39, 0.29) is 17.7 Å². The molecule has 0 saturated carbocycles. The zero-order valence-corrected chi connectivity index (χ0v) is 10.1. The minimum atomic E-state index is -0.205. The molecule has 0 aromatic heterocycles. The van der Waals surface area contributed by atoms with E-state index in [0.717, 1.165) is 18.7 Å². The zero-order valence-electron chi connectivity index (χ0n) is 10.1. The predicted molar refractivity (Wildman–Crippen MR) is 63.5 cm³/mol. The third kappa shape index (κ3) is 2.40. The molecule has 0 aliphatic carbocycles. The van der Waals surface area contributed by atoms with E-state index in [2.05, 4.69) is 0 Å². The molecule has 0 spiro atoms. The molecule has 17 heavy (non-hydrogen) atoms. The number of carbonyl (C=O) groups excluding carboxylic acids is 1. The van der Waals surface area contributed by atoms with Gasteiger partial charge >= 0.3 is 5.97 Å². The minimum absolute atomic E-state index is 0.0932. The molecule has 1 aliphatic rings. The number of aryl methyl sites for hydroxylation is 1. The standard InChI is InChI=1S/C13H16FNO2/c1-9-3-4-11(7-12(9)14)15-6-5-10(8-15)13(16)17-2/h3-4,7,10H,5-6,8H2,1-2H3/t10-/m0/s1. The van der Waals surface area contributed by atoms with Crippen molar-refractivity contribution in [1.29, 1.82) is 0 Å². The Hall–Kier alpha value is -1.58. The Morgan fingerprint density at radius 1 is 1.53 bits per heavy atom. The third-order valence-corrected chi connectivity index (χ3v) is 3.24. The first-order chi connectivity index (χ1) is 8.11. The maximum absolute atomic E-state index is 13.4. The van der Waals surface area contributed by atoms with Gasteiger partial charge in [-0.1, -0.05) is 6.07 Å². The molecular formula is C13H16FNO2. The summed E-state index contributed by atoms with van der Waals surface area (Å²) >= 11 is 0. The lowest BCUT2D eigenvalue weighted by Gasteiger charge is -2.18. The summed E-state index contributed by atoms with van der Waals surface area (Å²) < 4.78 is 18.2. The highest BCUT2D eigenvalue weighted by molar-refractivity contribution is 5.74. The molecule has 3 nitrogen and oxygen atoms in total. The first kappa shape index (κ1) is 11.9. The molecule has 1 atom stereocenters. The number of hydrogen-bond donors (Lipinski definition) is 0. The Labute approximate surface area is 100 Å². The molecule has 1 saturated heterocycles. The number of hydrogen-bond acceptors (Lipinski definition) is 3. The van der Waals surface area contributed by atoms with E-state index in [9.17, 15) is 9.18 Å². The van der Waals surface area contributed by atoms with Crippen LogP contribution in [0.5, 0.6) is 0 Å². The van der Waals surface area contributed by atoms with Crippen molar-refractivity contribution >= 4 is 11.7 Å². The van der Waals surface area contributed by atoms with Crippen LogP contribution in [0.2, 0.25) is 0 Å². The van der Waals surface area contributed by atoms with E-state index < -0.39 is 0 Å². The average molecular weight is 237 g/mol. The number of anilines is 1. The topological polar surface area (TPSA) is 29.5 Å². The second-order valence-electron chi connectivity index (χ2n) is 4.39. The van der Waals surface area contributed by atoms with E-state index in [0.29, 0.717) is 12.1 Å². The number of esters is 1. The Balaban J connectivity index is 2.10. The number of ether oxygens (including phenoxy) is 1. The molecule has 0 bridgehead atoms. The molecule has 0 radical (unpaired) electrons. The van der Waals surface area contributed by atoms with Gasteiger partial charge < -0.3 is 9.64 Å². The van der Waals surface area contributed by atoms with Crippen LogP contribution in [0.4, 0.5) is 10.1 Å². The summed E-state index contributed by atoms with van der Waals surface area (Å²) in [5.41, 5.74) is 1.47. The fraction of sp³-hybridized carbons (Fsp3) is 0.462. The van der Waals surface area contributed by atoms with Gasteiger partial charge in [-0.3, -0.25) is 4.79 Å². The Morgan fingerprint density at radius 2 is 2.29 bits per heavy atom. The van der Waals surface area contributed by atoms with Crippen LogP contribution in [-0.4, -0.2) is 26.2 Å².